The van der Waals surface area contributed by atoms with Gasteiger partial charge in [-0.05, 0) is 36.6 Å². The van der Waals surface area contributed by atoms with Crippen molar-refractivity contribution in [2.24, 2.45) is 5.84 Å². The Labute approximate surface area is 111 Å². The predicted octanol–water partition coefficient (Wildman–Crippen LogP) is 1.69. The highest BCUT2D eigenvalue weighted by Crippen LogP contribution is 2.24. The lowest BCUT2D eigenvalue weighted by atomic mass is 9.99. The lowest BCUT2D eigenvalue weighted by Gasteiger charge is -2.19. The summed E-state index contributed by atoms with van der Waals surface area (Å²) in [5, 5.41) is 7.97. The maximum atomic E-state index is 13.2. The van der Waals surface area contributed by atoms with Crippen LogP contribution in [-0.2, 0) is 6.54 Å². The Balaban J connectivity index is 2.41. The van der Waals surface area contributed by atoms with E-state index in [4.69, 9.17) is 5.84 Å². The lowest BCUT2D eigenvalue weighted by molar-refractivity contribution is 0.510. The molecule has 1 atom stereocenters. The molecule has 1 heterocycles. The molecule has 102 valence electrons. The third-order valence-electron chi connectivity index (χ3n) is 3.09. The molecule has 0 bridgehead atoms. The molecular weight excluding hydrogens is 245 g/mol. The zero-order valence-corrected chi connectivity index (χ0v) is 11.1. The van der Waals surface area contributed by atoms with Gasteiger partial charge in [-0.1, -0.05) is 18.2 Å². The van der Waals surface area contributed by atoms with E-state index in [1.165, 1.54) is 12.1 Å². The van der Waals surface area contributed by atoms with Crippen LogP contribution in [0.25, 0.3) is 0 Å². The fourth-order valence-electron chi connectivity index (χ4n) is 2.17. The van der Waals surface area contributed by atoms with Gasteiger partial charge in [-0.3, -0.25) is 5.84 Å². The Hall–Kier alpha value is -1.79. The van der Waals surface area contributed by atoms with E-state index in [1.807, 2.05) is 11.6 Å². The molecule has 0 aliphatic carbocycles. The number of benzene rings is 1. The monoisotopic (exact) mass is 263 g/mol. The summed E-state index contributed by atoms with van der Waals surface area (Å²) < 4.78 is 15.0. The van der Waals surface area contributed by atoms with Crippen LogP contribution in [0.1, 0.15) is 36.2 Å². The van der Waals surface area contributed by atoms with Crippen LogP contribution in [0, 0.1) is 12.7 Å². The first kappa shape index (κ1) is 13.6. The molecule has 0 fully saturated rings. The van der Waals surface area contributed by atoms with Gasteiger partial charge in [0, 0.05) is 6.54 Å². The van der Waals surface area contributed by atoms with Gasteiger partial charge in [0.1, 0.15) is 5.82 Å². The third kappa shape index (κ3) is 2.80. The second-order valence-corrected chi connectivity index (χ2v) is 4.48. The molecule has 0 aliphatic rings. The van der Waals surface area contributed by atoms with Gasteiger partial charge in [-0.25, -0.2) is 14.5 Å². The zero-order chi connectivity index (χ0) is 13.8. The summed E-state index contributed by atoms with van der Waals surface area (Å²) >= 11 is 0. The second-order valence-electron chi connectivity index (χ2n) is 4.48. The Morgan fingerprint density at radius 1 is 1.47 bits per heavy atom. The molecule has 2 rings (SSSR count). The van der Waals surface area contributed by atoms with Gasteiger partial charge in [0.05, 0.1) is 17.9 Å². The number of nitrogens with zero attached hydrogens (tertiary/aromatic N) is 3. The first-order valence-corrected chi connectivity index (χ1v) is 6.28. The molecule has 19 heavy (non-hydrogen) atoms. The van der Waals surface area contributed by atoms with Crippen molar-refractivity contribution < 1.29 is 4.39 Å². The topological polar surface area (TPSA) is 68.8 Å². The highest BCUT2D eigenvalue weighted by molar-refractivity contribution is 5.34. The largest absolute Gasteiger partial charge is 0.271 e. The molecular formula is C13H18FN5. The van der Waals surface area contributed by atoms with Crippen molar-refractivity contribution >= 4 is 0 Å². The Morgan fingerprint density at radius 2 is 2.26 bits per heavy atom. The number of rotatable bonds is 5. The van der Waals surface area contributed by atoms with Gasteiger partial charge < -0.3 is 0 Å². The average molecular weight is 263 g/mol. The van der Waals surface area contributed by atoms with E-state index in [1.54, 1.807) is 12.3 Å². The maximum Gasteiger partial charge on any atom is 0.123 e. The van der Waals surface area contributed by atoms with Crippen LogP contribution in [-0.4, -0.2) is 15.0 Å². The number of hydrogen-bond donors (Lipinski definition) is 2. The van der Waals surface area contributed by atoms with Crippen LogP contribution >= 0.6 is 0 Å². The summed E-state index contributed by atoms with van der Waals surface area (Å²) in [5.41, 5.74) is 5.39. The first-order chi connectivity index (χ1) is 9.17. The van der Waals surface area contributed by atoms with Crippen molar-refractivity contribution in [1.82, 2.24) is 20.4 Å². The number of nitrogens with two attached hydrogens (primary N) is 1. The number of halogens is 1. The van der Waals surface area contributed by atoms with Gasteiger partial charge in [0.25, 0.3) is 0 Å². The molecule has 0 aliphatic heterocycles. The molecule has 0 spiro atoms. The first-order valence-electron chi connectivity index (χ1n) is 6.28. The Morgan fingerprint density at radius 3 is 2.89 bits per heavy atom. The van der Waals surface area contributed by atoms with Gasteiger partial charge in [-0.2, -0.15) is 0 Å². The molecule has 1 aromatic carbocycles. The minimum atomic E-state index is -0.253. The van der Waals surface area contributed by atoms with Gasteiger partial charge in [-0.15, -0.1) is 5.10 Å². The van der Waals surface area contributed by atoms with E-state index in [9.17, 15) is 4.39 Å². The molecule has 2 aromatic rings. The highest BCUT2D eigenvalue weighted by atomic mass is 19.1. The van der Waals surface area contributed by atoms with E-state index in [0.717, 1.165) is 29.8 Å². The van der Waals surface area contributed by atoms with E-state index >= 15 is 0 Å². The number of nitrogens with one attached hydrogen (secondary N) is 1. The molecule has 0 saturated heterocycles. The molecule has 6 heteroatoms. The van der Waals surface area contributed by atoms with Crippen LogP contribution in [0.15, 0.2) is 24.4 Å². The van der Waals surface area contributed by atoms with Crippen LogP contribution < -0.4 is 11.3 Å². The van der Waals surface area contributed by atoms with Crippen molar-refractivity contribution in [3.8, 4) is 0 Å². The Bertz CT molecular complexity index is 552. The van der Waals surface area contributed by atoms with Crippen LogP contribution in [0.2, 0.25) is 0 Å². The second kappa shape index (κ2) is 5.90. The van der Waals surface area contributed by atoms with Crippen molar-refractivity contribution in [1.29, 1.82) is 0 Å². The van der Waals surface area contributed by atoms with E-state index < -0.39 is 0 Å². The molecule has 0 radical (unpaired) electrons. The van der Waals surface area contributed by atoms with Gasteiger partial charge in [0.2, 0.25) is 0 Å². The summed E-state index contributed by atoms with van der Waals surface area (Å²) in [6.45, 7) is 4.70. The summed E-state index contributed by atoms with van der Waals surface area (Å²) in [6, 6.07) is 4.41. The number of hydrogen-bond acceptors (Lipinski definition) is 4. The summed E-state index contributed by atoms with van der Waals surface area (Å²) in [5.74, 6) is 5.40. The normalized spacial score (nSPS) is 12.6. The van der Waals surface area contributed by atoms with E-state index in [2.05, 4.69) is 22.7 Å². The fraction of sp³-hybridized carbons (Fsp3) is 0.385. The van der Waals surface area contributed by atoms with E-state index in [-0.39, 0.29) is 11.9 Å². The van der Waals surface area contributed by atoms with Crippen LogP contribution in [0.3, 0.4) is 0 Å². The van der Waals surface area contributed by atoms with Crippen molar-refractivity contribution in [2.75, 3.05) is 0 Å². The van der Waals surface area contributed by atoms with Crippen LogP contribution in [0.4, 0.5) is 4.39 Å². The lowest BCUT2D eigenvalue weighted by Crippen LogP contribution is -2.31. The maximum absolute atomic E-state index is 13.2. The SMILES string of the molecule is CCCn1nncc1C(NN)c1ccc(F)cc1C. The quantitative estimate of drug-likeness (QED) is 0.636. The predicted molar refractivity (Wildman–Crippen MR) is 70.6 cm³/mol. The fourth-order valence-corrected chi connectivity index (χ4v) is 2.17. The Kier molecular flexibility index (Phi) is 4.24. The number of aryl methyl sites for hydroxylation is 2. The molecule has 5 nitrogen and oxygen atoms in total. The van der Waals surface area contributed by atoms with Gasteiger partial charge >= 0.3 is 0 Å². The molecule has 0 amide bonds. The van der Waals surface area contributed by atoms with Crippen molar-refractivity contribution in [3.05, 3.63) is 47.0 Å². The third-order valence-corrected chi connectivity index (χ3v) is 3.09. The average Bonchev–Trinajstić information content (AvgIpc) is 2.82. The zero-order valence-electron chi connectivity index (χ0n) is 11.1. The summed E-state index contributed by atoms with van der Waals surface area (Å²) in [6.07, 6.45) is 2.64. The number of aromatic nitrogens is 3. The van der Waals surface area contributed by atoms with Crippen LogP contribution in [0.5, 0.6) is 0 Å². The molecule has 1 aromatic heterocycles. The number of hydrazine groups is 1. The summed E-state index contributed by atoms with van der Waals surface area (Å²) in [4.78, 5) is 0. The molecule has 3 N–H and O–H groups in total. The van der Waals surface area contributed by atoms with E-state index in [0.29, 0.717) is 0 Å². The smallest absolute Gasteiger partial charge is 0.123 e. The van der Waals surface area contributed by atoms with Crippen molar-refractivity contribution in [2.45, 2.75) is 32.9 Å². The minimum absolute atomic E-state index is 0.248. The summed E-state index contributed by atoms with van der Waals surface area (Å²) in [7, 11) is 0. The van der Waals surface area contributed by atoms with Crippen molar-refractivity contribution in [3.63, 3.8) is 0 Å². The molecule has 1 unspecified atom stereocenters. The molecule has 0 saturated carbocycles. The standard InChI is InChI=1S/C13H18FN5/c1-3-6-19-12(8-16-18-19)13(17-15)11-5-4-10(14)7-9(11)2/h4-5,7-8,13,17H,3,6,15H2,1-2H3. The highest BCUT2D eigenvalue weighted by Gasteiger charge is 2.19. The van der Waals surface area contributed by atoms with Gasteiger partial charge in [0.15, 0.2) is 0 Å². The minimum Gasteiger partial charge on any atom is -0.271 e.